The van der Waals surface area contributed by atoms with Gasteiger partial charge in [0.15, 0.2) is 0 Å². The molecule has 5 nitrogen and oxygen atoms in total. The maximum atomic E-state index is 12.9. The van der Waals surface area contributed by atoms with Gasteiger partial charge in [-0.3, -0.25) is 9.59 Å². The highest BCUT2D eigenvalue weighted by Gasteiger charge is 2.28. The molecule has 0 fully saturated rings. The van der Waals surface area contributed by atoms with Crippen LogP contribution in [0.1, 0.15) is 47.0 Å². The molecule has 1 aromatic carbocycles. The van der Waals surface area contributed by atoms with Crippen LogP contribution < -0.4 is 10.6 Å². The molecule has 1 aliphatic rings. The van der Waals surface area contributed by atoms with Gasteiger partial charge in [0, 0.05) is 17.0 Å². The molecule has 0 radical (unpaired) electrons. The third-order valence-corrected chi connectivity index (χ3v) is 5.97. The molecule has 0 saturated heterocycles. The van der Waals surface area contributed by atoms with E-state index in [-0.39, 0.29) is 17.0 Å². The second-order valence-corrected chi connectivity index (χ2v) is 8.51. The second-order valence-electron chi connectivity index (χ2n) is 6.68. The zero-order valence-corrected chi connectivity index (χ0v) is 17.8. The normalized spacial score (nSPS) is 16.9. The number of amides is 2. The smallest absolute Gasteiger partial charge is 0.253 e. The van der Waals surface area contributed by atoms with Crippen molar-refractivity contribution in [3.8, 4) is 0 Å². The van der Waals surface area contributed by atoms with Crippen molar-refractivity contribution in [3.05, 3.63) is 57.5 Å². The van der Waals surface area contributed by atoms with Crippen LogP contribution >= 0.6 is 35.0 Å². The molecule has 150 valence electrons. The molecule has 2 amide bonds. The van der Waals surface area contributed by atoms with Crippen molar-refractivity contribution in [1.29, 1.82) is 0 Å². The predicted octanol–water partition coefficient (Wildman–Crippen LogP) is 4.63. The Kier molecular flexibility index (Phi) is 7.32. The van der Waals surface area contributed by atoms with Gasteiger partial charge in [-0.25, -0.2) is 0 Å². The zero-order valence-electron chi connectivity index (χ0n) is 15.5. The molecule has 3 rings (SSSR count). The number of halogens is 2. The average Bonchev–Trinajstić information content (AvgIpc) is 3.14. The van der Waals surface area contributed by atoms with E-state index in [1.165, 1.54) is 6.07 Å². The summed E-state index contributed by atoms with van der Waals surface area (Å²) in [5, 5.41) is 6.60. The van der Waals surface area contributed by atoms with Gasteiger partial charge in [0.05, 0.1) is 22.9 Å². The molecular formula is C20H22Cl2N2O3S. The molecule has 2 aromatic rings. The maximum absolute atomic E-state index is 12.9. The molecule has 28 heavy (non-hydrogen) atoms. The third-order valence-electron chi connectivity index (χ3n) is 4.78. The highest BCUT2D eigenvalue weighted by atomic mass is 35.5. The quantitative estimate of drug-likeness (QED) is 0.657. The van der Waals surface area contributed by atoms with Crippen LogP contribution in [-0.2, 0) is 11.2 Å². The third kappa shape index (κ3) is 5.04. The van der Waals surface area contributed by atoms with E-state index in [1.54, 1.807) is 30.2 Å². The summed E-state index contributed by atoms with van der Waals surface area (Å²) in [5.41, 5.74) is 1.32. The van der Waals surface area contributed by atoms with Crippen molar-refractivity contribution in [3.63, 3.8) is 0 Å². The van der Waals surface area contributed by atoms with Gasteiger partial charge in [0.25, 0.3) is 5.91 Å². The molecule has 8 heteroatoms. The highest BCUT2D eigenvalue weighted by molar-refractivity contribution is 7.98. The zero-order chi connectivity index (χ0) is 20.1. The number of carbonyl (C=O) groups excluding carboxylic acids is 2. The fourth-order valence-electron chi connectivity index (χ4n) is 3.32. The minimum Gasteiger partial charge on any atom is -0.469 e. The minimum atomic E-state index is -0.649. The molecule has 1 heterocycles. The van der Waals surface area contributed by atoms with Crippen LogP contribution in [0.5, 0.6) is 0 Å². The van der Waals surface area contributed by atoms with E-state index < -0.39 is 11.9 Å². The fraction of sp³-hybridized carbons (Fsp3) is 0.400. The Hall–Kier alpha value is -1.63. The number of furan rings is 1. The largest absolute Gasteiger partial charge is 0.469 e. The second kappa shape index (κ2) is 9.72. The average molecular weight is 441 g/mol. The van der Waals surface area contributed by atoms with Gasteiger partial charge in [-0.2, -0.15) is 11.8 Å². The Morgan fingerprint density at radius 3 is 2.89 bits per heavy atom. The van der Waals surface area contributed by atoms with Crippen LogP contribution in [0.25, 0.3) is 0 Å². The number of thioether (sulfide) groups is 1. The summed E-state index contributed by atoms with van der Waals surface area (Å²) in [6.07, 6.45) is 6.83. The lowest BCUT2D eigenvalue weighted by Gasteiger charge is -2.26. The van der Waals surface area contributed by atoms with Gasteiger partial charge < -0.3 is 15.1 Å². The summed E-state index contributed by atoms with van der Waals surface area (Å²) in [4.78, 5) is 25.6. The van der Waals surface area contributed by atoms with Crippen LogP contribution in [0.15, 0.2) is 34.9 Å². The van der Waals surface area contributed by atoms with Crippen LogP contribution in [-0.4, -0.2) is 29.9 Å². The first-order valence-electron chi connectivity index (χ1n) is 9.11. The van der Waals surface area contributed by atoms with Gasteiger partial charge in [-0.05, 0) is 55.5 Å². The summed E-state index contributed by atoms with van der Waals surface area (Å²) in [7, 11) is 0. The van der Waals surface area contributed by atoms with Crippen molar-refractivity contribution < 1.29 is 14.0 Å². The van der Waals surface area contributed by atoms with E-state index in [2.05, 4.69) is 10.6 Å². The summed E-state index contributed by atoms with van der Waals surface area (Å²) in [6.45, 7) is 0. The predicted molar refractivity (Wildman–Crippen MR) is 113 cm³/mol. The first-order chi connectivity index (χ1) is 13.5. The fourth-order valence-corrected chi connectivity index (χ4v) is 4.29. The minimum absolute atomic E-state index is 0.0946. The van der Waals surface area contributed by atoms with E-state index in [9.17, 15) is 9.59 Å². The molecule has 0 saturated carbocycles. The number of hydrogen-bond donors (Lipinski definition) is 2. The molecule has 0 bridgehead atoms. The monoisotopic (exact) mass is 440 g/mol. The lowest BCUT2D eigenvalue weighted by atomic mass is 9.93. The van der Waals surface area contributed by atoms with Crippen molar-refractivity contribution >= 4 is 46.8 Å². The molecule has 2 N–H and O–H groups in total. The molecule has 2 atom stereocenters. The number of fused-ring (bicyclic) bond motifs is 1. The van der Waals surface area contributed by atoms with E-state index >= 15 is 0 Å². The number of nitrogens with one attached hydrogen (secondary N) is 2. The van der Waals surface area contributed by atoms with Crippen molar-refractivity contribution in [2.45, 2.75) is 37.8 Å². The molecular weight excluding hydrogens is 419 g/mol. The number of aryl methyl sites for hydroxylation is 1. The first-order valence-corrected chi connectivity index (χ1v) is 11.3. The van der Waals surface area contributed by atoms with Crippen molar-refractivity contribution in [1.82, 2.24) is 10.6 Å². The van der Waals surface area contributed by atoms with E-state index in [4.69, 9.17) is 27.6 Å². The summed E-state index contributed by atoms with van der Waals surface area (Å²) >= 11 is 13.6. The number of hydrogen-bond acceptors (Lipinski definition) is 4. The molecule has 1 aromatic heterocycles. The van der Waals surface area contributed by atoms with Crippen LogP contribution in [0.2, 0.25) is 10.0 Å². The Balaban J connectivity index is 1.71. The lowest BCUT2D eigenvalue weighted by molar-refractivity contribution is -0.123. The van der Waals surface area contributed by atoms with E-state index in [0.717, 1.165) is 36.3 Å². The molecule has 0 aliphatic heterocycles. The van der Waals surface area contributed by atoms with Crippen molar-refractivity contribution in [2.75, 3.05) is 12.0 Å². The summed E-state index contributed by atoms with van der Waals surface area (Å²) < 4.78 is 5.49. The standard InChI is InChI=1S/C20H22Cl2N2O3S/c1-28-10-8-17(24-19(25)13-6-5-12(21)11-15(13)22)20(26)23-16-3-2-4-18-14(16)7-9-27-18/h5-7,9,11,16-17H,2-4,8,10H2,1H3,(H,23,26)(H,24,25). The first kappa shape index (κ1) is 21.1. The van der Waals surface area contributed by atoms with Gasteiger partial charge in [-0.1, -0.05) is 23.2 Å². The van der Waals surface area contributed by atoms with Gasteiger partial charge in [0.2, 0.25) is 5.91 Å². The molecule has 0 spiro atoms. The summed E-state index contributed by atoms with van der Waals surface area (Å²) in [5.74, 6) is 1.07. The lowest BCUT2D eigenvalue weighted by Crippen LogP contribution is -2.48. The molecule has 1 aliphatic carbocycles. The van der Waals surface area contributed by atoms with Crippen LogP contribution in [0.3, 0.4) is 0 Å². The van der Waals surface area contributed by atoms with E-state index in [1.807, 2.05) is 12.3 Å². The number of carbonyl (C=O) groups is 2. The van der Waals surface area contributed by atoms with Gasteiger partial charge in [-0.15, -0.1) is 0 Å². The SMILES string of the molecule is CSCCC(NC(=O)c1ccc(Cl)cc1Cl)C(=O)NC1CCCc2occc21. The van der Waals surface area contributed by atoms with Crippen LogP contribution in [0, 0.1) is 0 Å². The van der Waals surface area contributed by atoms with Gasteiger partial charge in [0.1, 0.15) is 11.8 Å². The highest BCUT2D eigenvalue weighted by Crippen LogP contribution is 2.30. The number of benzene rings is 1. The topological polar surface area (TPSA) is 71.3 Å². The maximum Gasteiger partial charge on any atom is 0.253 e. The van der Waals surface area contributed by atoms with Crippen LogP contribution in [0.4, 0.5) is 0 Å². The Labute approximate surface area is 178 Å². The van der Waals surface area contributed by atoms with Crippen molar-refractivity contribution in [2.24, 2.45) is 0 Å². The Morgan fingerprint density at radius 2 is 2.14 bits per heavy atom. The van der Waals surface area contributed by atoms with Gasteiger partial charge >= 0.3 is 0 Å². The Morgan fingerprint density at radius 1 is 1.32 bits per heavy atom. The summed E-state index contributed by atoms with van der Waals surface area (Å²) in [6, 6.07) is 5.83. The number of rotatable bonds is 7. The Bertz CT molecular complexity index is 856. The molecule has 2 unspecified atom stereocenters. The van der Waals surface area contributed by atoms with E-state index in [0.29, 0.717) is 17.0 Å².